The van der Waals surface area contributed by atoms with Crippen LogP contribution in [0.2, 0.25) is 0 Å². The van der Waals surface area contributed by atoms with Crippen molar-refractivity contribution in [3.63, 3.8) is 0 Å². The predicted octanol–water partition coefficient (Wildman–Crippen LogP) is 2.47. The van der Waals surface area contributed by atoms with Crippen molar-refractivity contribution in [3.05, 3.63) is 38.9 Å². The molecule has 2 heterocycles. The van der Waals surface area contributed by atoms with Gasteiger partial charge in [-0.15, -0.1) is 0 Å². The number of likely N-dealkylation sites (tertiary alicyclic amines) is 1. The van der Waals surface area contributed by atoms with Crippen LogP contribution in [0.25, 0.3) is 10.9 Å². The molecule has 128 valence electrons. The molecule has 0 unspecified atom stereocenters. The number of amides is 1. The number of benzene rings is 1. The number of hydrogen-bond acceptors (Lipinski definition) is 4. The van der Waals surface area contributed by atoms with Crippen LogP contribution in [0.3, 0.4) is 0 Å². The van der Waals surface area contributed by atoms with Crippen LogP contribution in [-0.4, -0.2) is 47.1 Å². The van der Waals surface area contributed by atoms with Crippen LogP contribution in [-0.2, 0) is 4.74 Å². The minimum atomic E-state index is -0.246. The van der Waals surface area contributed by atoms with Gasteiger partial charge in [0.15, 0.2) is 4.77 Å². The number of carbonyl (C=O) groups excluding carboxylic acids is 1. The fourth-order valence-corrected chi connectivity index (χ4v) is 3.28. The number of H-pyrrole nitrogens is 2. The van der Waals surface area contributed by atoms with Crippen LogP contribution in [0.1, 0.15) is 30.1 Å². The molecule has 1 saturated heterocycles. The van der Waals surface area contributed by atoms with Crippen molar-refractivity contribution < 1.29 is 9.53 Å². The summed E-state index contributed by atoms with van der Waals surface area (Å²) in [6, 6.07) is 5.06. The maximum Gasteiger partial charge on any atom is 0.259 e. The topological polar surface area (TPSA) is 78.2 Å². The molecule has 1 aliphatic heterocycles. The Kier molecular flexibility index (Phi) is 5.11. The highest BCUT2D eigenvalue weighted by Crippen LogP contribution is 2.20. The number of nitrogens with zero attached hydrogens (tertiary/aromatic N) is 1. The molecule has 1 aromatic heterocycles. The number of piperidine rings is 1. The zero-order chi connectivity index (χ0) is 17.1. The first-order valence-corrected chi connectivity index (χ1v) is 8.62. The third-order valence-corrected chi connectivity index (χ3v) is 4.65. The Morgan fingerprint density at radius 3 is 2.79 bits per heavy atom. The number of hydrogen-bond donors (Lipinski definition) is 2. The van der Waals surface area contributed by atoms with Gasteiger partial charge in [0.2, 0.25) is 0 Å². The smallest absolute Gasteiger partial charge is 0.259 e. The van der Waals surface area contributed by atoms with Crippen LogP contribution in [0.5, 0.6) is 0 Å². The monoisotopic (exact) mass is 347 g/mol. The van der Waals surface area contributed by atoms with E-state index in [-0.39, 0.29) is 16.2 Å². The molecule has 2 N–H and O–H groups in total. The van der Waals surface area contributed by atoms with Crippen molar-refractivity contribution in [2.45, 2.75) is 19.8 Å². The highest BCUT2D eigenvalue weighted by Gasteiger charge is 2.23. The molecular formula is C17H21N3O3S. The van der Waals surface area contributed by atoms with Gasteiger partial charge in [-0.25, -0.2) is 0 Å². The maximum absolute atomic E-state index is 12.7. The summed E-state index contributed by atoms with van der Waals surface area (Å²) >= 11 is 4.99. The lowest BCUT2D eigenvalue weighted by molar-refractivity contribution is 0.0551. The second kappa shape index (κ2) is 7.27. The summed E-state index contributed by atoms with van der Waals surface area (Å²) in [6.45, 7) is 4.97. The summed E-state index contributed by atoms with van der Waals surface area (Å²) in [5.41, 5.74) is 0.910. The lowest BCUT2D eigenvalue weighted by atomic mass is 9.97. The lowest BCUT2D eigenvalue weighted by Gasteiger charge is -2.32. The predicted molar refractivity (Wildman–Crippen MR) is 94.9 cm³/mol. The molecule has 0 aliphatic carbocycles. The largest absolute Gasteiger partial charge is 0.381 e. The Bertz CT molecular complexity index is 850. The average Bonchev–Trinajstić information content (AvgIpc) is 2.59. The highest BCUT2D eigenvalue weighted by atomic mass is 32.1. The second-order valence-electron chi connectivity index (χ2n) is 6.06. The van der Waals surface area contributed by atoms with Gasteiger partial charge in [0, 0.05) is 31.9 Å². The number of aromatic nitrogens is 2. The van der Waals surface area contributed by atoms with E-state index < -0.39 is 0 Å². The van der Waals surface area contributed by atoms with Crippen LogP contribution in [0.4, 0.5) is 0 Å². The molecule has 3 rings (SSSR count). The Hall–Kier alpha value is -1.99. The summed E-state index contributed by atoms with van der Waals surface area (Å²) in [5.74, 6) is 0.520. The molecule has 0 radical (unpaired) electrons. The van der Waals surface area contributed by atoms with Crippen molar-refractivity contribution in [1.82, 2.24) is 14.9 Å². The lowest BCUT2D eigenvalue weighted by Crippen LogP contribution is -2.39. The Labute approximate surface area is 144 Å². The average molecular weight is 347 g/mol. The van der Waals surface area contributed by atoms with Crippen molar-refractivity contribution in [2.75, 3.05) is 26.3 Å². The minimum Gasteiger partial charge on any atom is -0.381 e. The van der Waals surface area contributed by atoms with Gasteiger partial charge in [-0.3, -0.25) is 14.6 Å². The maximum atomic E-state index is 12.7. The molecule has 0 bridgehead atoms. The molecule has 24 heavy (non-hydrogen) atoms. The fraction of sp³-hybridized carbons (Fsp3) is 0.471. The number of fused-ring (bicyclic) bond motifs is 1. The van der Waals surface area contributed by atoms with Gasteiger partial charge in [-0.2, -0.15) is 0 Å². The summed E-state index contributed by atoms with van der Waals surface area (Å²) in [5, 5.41) is 0.496. The summed E-state index contributed by atoms with van der Waals surface area (Å²) in [7, 11) is 0. The van der Waals surface area contributed by atoms with E-state index in [1.54, 1.807) is 18.2 Å². The molecule has 7 heteroatoms. The van der Waals surface area contributed by atoms with Crippen LogP contribution < -0.4 is 5.56 Å². The van der Waals surface area contributed by atoms with Crippen molar-refractivity contribution in [3.8, 4) is 0 Å². The van der Waals surface area contributed by atoms with E-state index in [9.17, 15) is 9.59 Å². The quantitative estimate of drug-likeness (QED) is 0.833. The number of ether oxygens (including phenoxy) is 1. The first kappa shape index (κ1) is 16.9. The van der Waals surface area contributed by atoms with Crippen LogP contribution in [0, 0.1) is 10.7 Å². The molecule has 0 spiro atoms. The van der Waals surface area contributed by atoms with Crippen LogP contribution >= 0.6 is 12.2 Å². The van der Waals surface area contributed by atoms with E-state index in [2.05, 4.69) is 9.97 Å². The van der Waals surface area contributed by atoms with E-state index in [4.69, 9.17) is 17.0 Å². The second-order valence-corrected chi connectivity index (χ2v) is 6.47. The zero-order valence-corrected chi connectivity index (χ0v) is 14.4. The highest BCUT2D eigenvalue weighted by molar-refractivity contribution is 7.71. The van der Waals surface area contributed by atoms with Crippen molar-refractivity contribution >= 4 is 29.0 Å². The number of carbonyl (C=O) groups is 1. The van der Waals surface area contributed by atoms with Crippen molar-refractivity contribution in [2.24, 2.45) is 5.92 Å². The van der Waals surface area contributed by atoms with Crippen molar-refractivity contribution in [1.29, 1.82) is 0 Å². The molecule has 0 saturated carbocycles. The number of nitrogens with one attached hydrogen (secondary N) is 2. The van der Waals surface area contributed by atoms with E-state index in [0.29, 0.717) is 22.4 Å². The molecule has 1 aliphatic rings. The summed E-state index contributed by atoms with van der Waals surface area (Å²) < 4.78 is 5.73. The third-order valence-electron chi connectivity index (χ3n) is 4.45. The standard InChI is InChI=1S/C17H21N3O3S/c1-2-23-10-11-5-7-20(8-6-11)16(22)12-3-4-13-14(9-12)18-17(24)19-15(13)21/h3-4,9,11H,2,5-8,10H2,1H3,(H2,18,19,21,24). The molecular weight excluding hydrogens is 326 g/mol. The molecule has 1 aromatic carbocycles. The number of aromatic amines is 2. The number of rotatable bonds is 4. The Balaban J connectivity index is 1.75. The zero-order valence-electron chi connectivity index (χ0n) is 13.6. The van der Waals surface area contributed by atoms with Gasteiger partial charge in [-0.05, 0) is 56.1 Å². The molecule has 6 nitrogen and oxygen atoms in total. The Morgan fingerprint density at radius 2 is 2.08 bits per heavy atom. The first-order chi connectivity index (χ1) is 11.6. The van der Waals surface area contributed by atoms with Gasteiger partial charge in [0.05, 0.1) is 10.9 Å². The molecule has 1 amide bonds. The Morgan fingerprint density at radius 1 is 1.33 bits per heavy atom. The molecule has 0 atom stereocenters. The van der Waals surface area contributed by atoms with E-state index in [1.165, 1.54) is 0 Å². The van der Waals surface area contributed by atoms with Crippen LogP contribution in [0.15, 0.2) is 23.0 Å². The van der Waals surface area contributed by atoms with E-state index in [1.807, 2.05) is 11.8 Å². The third kappa shape index (κ3) is 3.57. The van der Waals surface area contributed by atoms with Gasteiger partial charge < -0.3 is 14.6 Å². The normalized spacial score (nSPS) is 15.8. The van der Waals surface area contributed by atoms with Gasteiger partial charge in [0.1, 0.15) is 0 Å². The summed E-state index contributed by atoms with van der Waals surface area (Å²) in [6.07, 6.45) is 1.92. The first-order valence-electron chi connectivity index (χ1n) is 8.22. The molecule has 1 fully saturated rings. The van der Waals surface area contributed by atoms with Gasteiger partial charge >= 0.3 is 0 Å². The SMILES string of the molecule is CCOCC1CCN(C(=O)c2ccc3c(=O)[nH]c(=S)[nH]c3c2)CC1. The minimum absolute atomic E-state index is 0.00800. The fourth-order valence-electron chi connectivity index (χ4n) is 3.07. The van der Waals surface area contributed by atoms with E-state index >= 15 is 0 Å². The van der Waals surface area contributed by atoms with E-state index in [0.717, 1.165) is 39.1 Å². The van der Waals surface area contributed by atoms with Gasteiger partial charge in [0.25, 0.3) is 11.5 Å². The van der Waals surface area contributed by atoms with Gasteiger partial charge in [-0.1, -0.05) is 0 Å². The summed E-state index contributed by atoms with van der Waals surface area (Å²) in [4.78, 5) is 31.9. The molecule has 2 aromatic rings.